The van der Waals surface area contributed by atoms with Gasteiger partial charge >= 0.3 is 11.6 Å². The SMILES string of the molecule is Cc1ccc2c([C@@H](/C=C3/C(=O)c4cc(F)ccc4O[C@@H]3O)C(=O)O)cc(=O)oc2c1. The van der Waals surface area contributed by atoms with Crippen molar-refractivity contribution in [3.8, 4) is 5.75 Å². The molecule has 1 aliphatic heterocycles. The van der Waals surface area contributed by atoms with Gasteiger partial charge in [-0.25, -0.2) is 9.18 Å². The lowest BCUT2D eigenvalue weighted by atomic mass is 9.90. The molecule has 2 N–H and O–H groups in total. The zero-order valence-corrected chi connectivity index (χ0v) is 15.6. The molecule has 152 valence electrons. The highest BCUT2D eigenvalue weighted by molar-refractivity contribution is 6.12. The predicted molar refractivity (Wildman–Crippen MR) is 103 cm³/mol. The maximum absolute atomic E-state index is 13.6. The zero-order valence-electron chi connectivity index (χ0n) is 15.6. The Morgan fingerprint density at radius 1 is 1.17 bits per heavy atom. The van der Waals surface area contributed by atoms with Crippen LogP contribution in [-0.2, 0) is 4.79 Å². The molecule has 0 fully saturated rings. The lowest BCUT2D eigenvalue weighted by molar-refractivity contribution is -0.137. The number of aliphatic hydroxyl groups excluding tert-OH is 1. The van der Waals surface area contributed by atoms with Gasteiger partial charge in [0.25, 0.3) is 0 Å². The molecule has 0 amide bonds. The highest BCUT2D eigenvalue weighted by Crippen LogP contribution is 2.33. The van der Waals surface area contributed by atoms with Gasteiger partial charge < -0.3 is 19.4 Å². The third kappa shape index (κ3) is 3.37. The molecule has 2 heterocycles. The van der Waals surface area contributed by atoms with Crippen LogP contribution < -0.4 is 10.4 Å². The fraction of sp³-hybridized carbons (Fsp3) is 0.136. The number of aryl methyl sites for hydroxylation is 1. The van der Waals surface area contributed by atoms with Gasteiger partial charge in [0.2, 0.25) is 6.29 Å². The lowest BCUT2D eigenvalue weighted by Gasteiger charge is -2.24. The predicted octanol–water partition coefficient (Wildman–Crippen LogP) is 2.93. The number of fused-ring (bicyclic) bond motifs is 2. The third-order valence-electron chi connectivity index (χ3n) is 4.83. The Kier molecular flexibility index (Phi) is 4.71. The number of ketones is 1. The number of hydrogen-bond donors (Lipinski definition) is 2. The molecule has 0 radical (unpaired) electrons. The molecule has 0 saturated heterocycles. The van der Waals surface area contributed by atoms with Gasteiger partial charge in [-0.05, 0) is 42.3 Å². The van der Waals surface area contributed by atoms with Crippen molar-refractivity contribution < 1.29 is 33.3 Å². The Bertz CT molecular complexity index is 1290. The van der Waals surface area contributed by atoms with E-state index in [9.17, 15) is 29.0 Å². The van der Waals surface area contributed by atoms with Crippen molar-refractivity contribution in [3.63, 3.8) is 0 Å². The fourth-order valence-corrected chi connectivity index (χ4v) is 3.42. The standard InChI is InChI=1S/C22H15FO7/c1-10-2-4-12-13(9-19(24)29-18(12)6-10)14(21(26)27)8-16-20(25)15-7-11(23)3-5-17(15)30-22(16)28/h2-9,14,22,28H,1H3,(H,26,27)/b16-8-/t14-,22+/m1/s1. The first-order chi connectivity index (χ1) is 14.2. The van der Waals surface area contributed by atoms with Crippen molar-refractivity contribution in [2.45, 2.75) is 19.1 Å². The molecular weight excluding hydrogens is 395 g/mol. The summed E-state index contributed by atoms with van der Waals surface area (Å²) >= 11 is 0. The second-order valence-corrected chi connectivity index (χ2v) is 6.90. The topological polar surface area (TPSA) is 114 Å². The van der Waals surface area contributed by atoms with Crippen molar-refractivity contribution in [2.75, 3.05) is 0 Å². The Morgan fingerprint density at radius 3 is 2.67 bits per heavy atom. The van der Waals surface area contributed by atoms with E-state index in [1.807, 2.05) is 0 Å². The number of carbonyl (C=O) groups excluding carboxylic acids is 1. The van der Waals surface area contributed by atoms with E-state index >= 15 is 0 Å². The van der Waals surface area contributed by atoms with Crippen LogP contribution >= 0.6 is 0 Å². The van der Waals surface area contributed by atoms with Gasteiger partial charge in [-0.3, -0.25) is 9.59 Å². The molecule has 0 unspecified atom stereocenters. The summed E-state index contributed by atoms with van der Waals surface area (Å²) in [4.78, 5) is 36.8. The number of aliphatic carboxylic acids is 1. The van der Waals surface area contributed by atoms with Crippen molar-refractivity contribution in [2.24, 2.45) is 0 Å². The van der Waals surface area contributed by atoms with E-state index in [1.54, 1.807) is 25.1 Å². The van der Waals surface area contributed by atoms with E-state index in [-0.39, 0.29) is 28.0 Å². The number of carbonyl (C=O) groups is 2. The first-order valence-corrected chi connectivity index (χ1v) is 8.92. The average molecular weight is 410 g/mol. The van der Waals surface area contributed by atoms with E-state index in [1.165, 1.54) is 6.07 Å². The van der Waals surface area contributed by atoms with Gasteiger partial charge in [0.05, 0.1) is 11.1 Å². The van der Waals surface area contributed by atoms with E-state index < -0.39 is 35.4 Å². The van der Waals surface area contributed by atoms with Crippen molar-refractivity contribution >= 4 is 22.7 Å². The van der Waals surface area contributed by atoms with Gasteiger partial charge in [-0.2, -0.15) is 0 Å². The highest BCUT2D eigenvalue weighted by atomic mass is 19.1. The fourth-order valence-electron chi connectivity index (χ4n) is 3.42. The molecule has 30 heavy (non-hydrogen) atoms. The largest absolute Gasteiger partial charge is 0.481 e. The minimum Gasteiger partial charge on any atom is -0.481 e. The number of rotatable bonds is 3. The number of carboxylic acid groups (broad SMARTS) is 1. The number of aliphatic hydroxyl groups is 1. The van der Waals surface area contributed by atoms with Crippen molar-refractivity contribution in [1.29, 1.82) is 0 Å². The Hall–Kier alpha value is -3.78. The number of carboxylic acids is 1. The van der Waals surface area contributed by atoms with Gasteiger partial charge in [0.15, 0.2) is 5.78 Å². The van der Waals surface area contributed by atoms with Gasteiger partial charge in [0, 0.05) is 11.5 Å². The molecule has 8 heteroatoms. The summed E-state index contributed by atoms with van der Waals surface area (Å²) in [5.41, 5.74) is -0.171. The van der Waals surface area contributed by atoms with Gasteiger partial charge in [-0.1, -0.05) is 18.2 Å². The molecule has 0 saturated carbocycles. The second kappa shape index (κ2) is 7.23. The highest BCUT2D eigenvalue weighted by Gasteiger charge is 2.33. The summed E-state index contributed by atoms with van der Waals surface area (Å²) < 4.78 is 24.0. The smallest absolute Gasteiger partial charge is 0.336 e. The van der Waals surface area contributed by atoms with Crippen molar-refractivity contribution in [3.05, 3.63) is 87.0 Å². The summed E-state index contributed by atoms with van der Waals surface area (Å²) in [6.45, 7) is 1.79. The van der Waals surface area contributed by atoms with Crippen LogP contribution in [0.2, 0.25) is 0 Å². The van der Waals surface area contributed by atoms with Crippen LogP contribution in [0, 0.1) is 12.7 Å². The number of benzene rings is 2. The summed E-state index contributed by atoms with van der Waals surface area (Å²) in [5, 5.41) is 20.4. The molecule has 7 nitrogen and oxygen atoms in total. The van der Waals surface area contributed by atoms with Crippen LogP contribution in [0.5, 0.6) is 5.75 Å². The molecule has 2 aromatic carbocycles. The molecule has 1 aliphatic rings. The lowest BCUT2D eigenvalue weighted by Crippen LogP contribution is -2.31. The molecule has 0 bridgehead atoms. The Balaban J connectivity index is 1.89. The Labute approximate surface area is 168 Å². The molecular formula is C22H15FO7. The quantitative estimate of drug-likeness (QED) is 0.504. The average Bonchev–Trinajstić information content (AvgIpc) is 2.67. The monoisotopic (exact) mass is 410 g/mol. The maximum atomic E-state index is 13.6. The van der Waals surface area contributed by atoms with Gasteiger partial charge in [0.1, 0.15) is 23.1 Å². The first-order valence-electron chi connectivity index (χ1n) is 8.92. The second-order valence-electron chi connectivity index (χ2n) is 6.90. The number of hydrogen-bond acceptors (Lipinski definition) is 6. The first kappa shape index (κ1) is 19.5. The number of Topliss-reactive ketones (excluding diaryl/α,β-unsaturated/α-hetero) is 1. The molecule has 4 rings (SSSR count). The van der Waals surface area contributed by atoms with Crippen LogP contribution in [0.3, 0.4) is 0 Å². The maximum Gasteiger partial charge on any atom is 0.336 e. The van der Waals surface area contributed by atoms with E-state index in [0.29, 0.717) is 5.39 Å². The molecule has 0 aliphatic carbocycles. The molecule has 2 atom stereocenters. The minimum atomic E-state index is -1.74. The number of halogens is 1. The summed E-state index contributed by atoms with van der Waals surface area (Å²) in [6, 6.07) is 9.18. The zero-order chi connectivity index (χ0) is 21.6. The van der Waals surface area contributed by atoms with Crippen LogP contribution in [0.15, 0.2) is 63.3 Å². The summed E-state index contributed by atoms with van der Waals surface area (Å²) in [7, 11) is 0. The molecule has 0 spiro atoms. The van der Waals surface area contributed by atoms with Crippen molar-refractivity contribution in [1.82, 2.24) is 0 Å². The van der Waals surface area contributed by atoms with Crippen LogP contribution in [-0.4, -0.2) is 28.3 Å². The van der Waals surface area contributed by atoms with Crippen LogP contribution in [0.4, 0.5) is 4.39 Å². The number of ether oxygens (including phenoxy) is 1. The van der Waals surface area contributed by atoms with Gasteiger partial charge in [-0.15, -0.1) is 0 Å². The molecule has 1 aromatic heterocycles. The minimum absolute atomic E-state index is 0.0146. The van der Waals surface area contributed by atoms with Crippen LogP contribution in [0.25, 0.3) is 11.0 Å². The van der Waals surface area contributed by atoms with E-state index in [2.05, 4.69) is 0 Å². The summed E-state index contributed by atoms with van der Waals surface area (Å²) in [6.07, 6.45) is -0.733. The normalized spacial score (nSPS) is 18.2. The van der Waals surface area contributed by atoms with E-state index in [0.717, 1.165) is 29.8 Å². The summed E-state index contributed by atoms with van der Waals surface area (Å²) in [5.74, 6) is -4.29. The van der Waals surface area contributed by atoms with Crippen LogP contribution in [0.1, 0.15) is 27.4 Å². The molecule has 3 aromatic rings. The Morgan fingerprint density at radius 2 is 1.93 bits per heavy atom. The van der Waals surface area contributed by atoms with E-state index in [4.69, 9.17) is 9.15 Å². The third-order valence-corrected chi connectivity index (χ3v) is 4.83.